The zero-order chi connectivity index (χ0) is 14.6. The zero-order valence-electron chi connectivity index (χ0n) is 13.5. The molecular weight excluding hydrogens is 264 g/mol. The smallest absolute Gasteiger partial charge is 0.214 e. The average molecular weight is 295 g/mol. The molecule has 0 aromatic rings. The summed E-state index contributed by atoms with van der Waals surface area (Å²) in [5.74, 6) is 1.53. The second-order valence-corrected chi connectivity index (χ2v) is 12.2. The van der Waals surface area contributed by atoms with Gasteiger partial charge in [0, 0.05) is 0 Å². The van der Waals surface area contributed by atoms with Crippen molar-refractivity contribution < 1.29 is 9.53 Å². The molecule has 3 atom stereocenters. The van der Waals surface area contributed by atoms with E-state index in [4.69, 9.17) is 4.43 Å². The van der Waals surface area contributed by atoms with Crippen molar-refractivity contribution in [3.05, 3.63) is 11.3 Å². The fraction of sp³-hybridized carbons (Fsp3) is 0.882. The van der Waals surface area contributed by atoms with E-state index in [1.807, 2.05) is 13.8 Å². The first-order chi connectivity index (χ1) is 9.23. The van der Waals surface area contributed by atoms with E-state index in [0.29, 0.717) is 5.92 Å². The molecule has 0 bridgehead atoms. The van der Waals surface area contributed by atoms with Gasteiger partial charge in [0.2, 0.25) is 8.32 Å². The predicted molar refractivity (Wildman–Crippen MR) is 85.0 cm³/mol. The SMILES string of the molecule is CC(C)(O)/C=C1\C[C@@H]2CC[C@@H]3CCCC[C@@]32O[Si]1(C)C. The molecule has 1 N–H and O–H groups in total. The van der Waals surface area contributed by atoms with Crippen molar-refractivity contribution >= 4 is 8.32 Å². The van der Waals surface area contributed by atoms with Crippen LogP contribution in [0.2, 0.25) is 13.1 Å². The topological polar surface area (TPSA) is 29.5 Å². The van der Waals surface area contributed by atoms with E-state index in [2.05, 4.69) is 19.2 Å². The molecular formula is C17H30O2Si. The molecule has 114 valence electrons. The summed E-state index contributed by atoms with van der Waals surface area (Å²) in [6.45, 7) is 8.43. The first kappa shape index (κ1) is 14.8. The standard InChI is InChI=1S/C17H30O2Si/c1-16(2,18)12-15-11-14-9-8-13-7-5-6-10-17(13,14)19-20(15,3)4/h12-14,18H,5-11H2,1-4H3/b15-12+/t13-,14-,17+/m0/s1. The van der Waals surface area contributed by atoms with Gasteiger partial charge in [-0.25, -0.2) is 0 Å². The highest BCUT2D eigenvalue weighted by Crippen LogP contribution is 2.58. The van der Waals surface area contributed by atoms with Crippen LogP contribution in [0.5, 0.6) is 0 Å². The Morgan fingerprint density at radius 1 is 1.20 bits per heavy atom. The lowest BCUT2D eigenvalue weighted by atomic mass is 9.72. The molecule has 20 heavy (non-hydrogen) atoms. The minimum Gasteiger partial charge on any atom is -0.407 e. The van der Waals surface area contributed by atoms with E-state index in [0.717, 1.165) is 5.92 Å². The molecule has 0 aromatic carbocycles. The molecule has 3 aliphatic rings. The van der Waals surface area contributed by atoms with Gasteiger partial charge in [-0.2, -0.15) is 0 Å². The first-order valence-electron chi connectivity index (χ1n) is 8.38. The van der Waals surface area contributed by atoms with E-state index in [1.54, 1.807) is 0 Å². The third-order valence-electron chi connectivity index (χ3n) is 5.83. The van der Waals surface area contributed by atoms with Crippen LogP contribution in [0.4, 0.5) is 0 Å². The third-order valence-corrected chi connectivity index (χ3v) is 8.61. The fourth-order valence-corrected chi connectivity index (χ4v) is 7.97. The monoisotopic (exact) mass is 294 g/mol. The molecule has 1 heterocycles. The van der Waals surface area contributed by atoms with E-state index in [9.17, 15) is 5.11 Å². The summed E-state index contributed by atoms with van der Waals surface area (Å²) < 4.78 is 6.91. The van der Waals surface area contributed by atoms with Crippen molar-refractivity contribution in [2.45, 2.75) is 83.1 Å². The highest BCUT2D eigenvalue weighted by Gasteiger charge is 2.58. The van der Waals surface area contributed by atoms with Crippen molar-refractivity contribution in [3.8, 4) is 0 Å². The van der Waals surface area contributed by atoms with Crippen LogP contribution in [-0.4, -0.2) is 24.6 Å². The Kier molecular flexibility index (Phi) is 3.47. The number of rotatable bonds is 1. The summed E-state index contributed by atoms with van der Waals surface area (Å²) in [5, 5.41) is 11.6. The number of hydrogen-bond donors (Lipinski definition) is 1. The summed E-state index contributed by atoms with van der Waals surface area (Å²) in [6.07, 6.45) is 11.4. The van der Waals surface area contributed by atoms with Gasteiger partial charge in [-0.1, -0.05) is 24.1 Å². The largest absolute Gasteiger partial charge is 0.407 e. The normalized spacial score (nSPS) is 42.4. The Balaban J connectivity index is 1.92. The van der Waals surface area contributed by atoms with Crippen molar-refractivity contribution in [1.29, 1.82) is 0 Å². The van der Waals surface area contributed by atoms with Crippen LogP contribution in [0.3, 0.4) is 0 Å². The van der Waals surface area contributed by atoms with Gasteiger partial charge in [0.15, 0.2) is 0 Å². The highest BCUT2D eigenvalue weighted by molar-refractivity contribution is 6.78. The molecule has 0 radical (unpaired) electrons. The molecule has 3 fully saturated rings. The molecule has 0 unspecified atom stereocenters. The second kappa shape index (κ2) is 4.69. The lowest BCUT2D eigenvalue weighted by Gasteiger charge is -2.53. The predicted octanol–water partition coefficient (Wildman–Crippen LogP) is 4.19. The lowest BCUT2D eigenvalue weighted by Crippen LogP contribution is -2.57. The fourth-order valence-electron chi connectivity index (χ4n) is 5.02. The minimum absolute atomic E-state index is 0.213. The maximum Gasteiger partial charge on any atom is 0.214 e. The minimum atomic E-state index is -1.83. The van der Waals surface area contributed by atoms with Gasteiger partial charge < -0.3 is 9.53 Å². The quantitative estimate of drug-likeness (QED) is 0.735. The summed E-state index contributed by atoms with van der Waals surface area (Å²) in [4.78, 5) is 0. The zero-order valence-corrected chi connectivity index (χ0v) is 14.5. The molecule has 1 saturated heterocycles. The van der Waals surface area contributed by atoms with Gasteiger partial charge in [0.25, 0.3) is 0 Å². The van der Waals surface area contributed by atoms with Gasteiger partial charge in [-0.15, -0.1) is 0 Å². The lowest BCUT2D eigenvalue weighted by molar-refractivity contribution is -0.0540. The summed E-state index contributed by atoms with van der Waals surface area (Å²) in [6, 6.07) is 0. The van der Waals surface area contributed by atoms with E-state index >= 15 is 0 Å². The van der Waals surface area contributed by atoms with Crippen LogP contribution in [0.15, 0.2) is 11.3 Å². The van der Waals surface area contributed by atoms with E-state index in [-0.39, 0.29) is 5.60 Å². The molecule has 3 heteroatoms. The Morgan fingerprint density at radius 2 is 1.90 bits per heavy atom. The maximum absolute atomic E-state index is 10.2. The summed E-state index contributed by atoms with van der Waals surface area (Å²) in [7, 11) is -1.83. The summed E-state index contributed by atoms with van der Waals surface area (Å²) >= 11 is 0. The van der Waals surface area contributed by atoms with Crippen LogP contribution < -0.4 is 0 Å². The number of hydrogen-bond acceptors (Lipinski definition) is 2. The third kappa shape index (κ3) is 2.42. The van der Waals surface area contributed by atoms with Gasteiger partial charge >= 0.3 is 0 Å². The van der Waals surface area contributed by atoms with Crippen molar-refractivity contribution in [2.24, 2.45) is 11.8 Å². The molecule has 0 aromatic heterocycles. The number of allylic oxidation sites excluding steroid dienone is 1. The highest BCUT2D eigenvalue weighted by atomic mass is 28.4. The maximum atomic E-state index is 10.2. The van der Waals surface area contributed by atoms with Gasteiger partial charge in [-0.3, -0.25) is 0 Å². The van der Waals surface area contributed by atoms with Gasteiger partial charge in [-0.05, 0) is 70.9 Å². The Hall–Kier alpha value is -0.123. The van der Waals surface area contributed by atoms with Crippen LogP contribution in [0, 0.1) is 11.8 Å². The van der Waals surface area contributed by atoms with Crippen LogP contribution in [0.25, 0.3) is 0 Å². The molecule has 2 aliphatic carbocycles. The number of aliphatic hydroxyl groups is 1. The van der Waals surface area contributed by atoms with Gasteiger partial charge in [0.05, 0.1) is 11.2 Å². The van der Waals surface area contributed by atoms with Crippen molar-refractivity contribution in [1.82, 2.24) is 0 Å². The molecule has 1 spiro atoms. The van der Waals surface area contributed by atoms with Crippen LogP contribution in [0.1, 0.15) is 58.8 Å². The Bertz CT molecular complexity index is 421. The average Bonchev–Trinajstić information content (AvgIpc) is 2.65. The molecule has 2 saturated carbocycles. The molecule has 0 amide bonds. The molecule has 1 aliphatic heterocycles. The Labute approximate surface area is 124 Å². The van der Waals surface area contributed by atoms with Gasteiger partial charge in [0.1, 0.15) is 0 Å². The van der Waals surface area contributed by atoms with E-state index < -0.39 is 13.9 Å². The molecule has 3 rings (SSSR count). The summed E-state index contributed by atoms with van der Waals surface area (Å²) in [5.41, 5.74) is -0.497. The second-order valence-electron chi connectivity index (χ2n) is 8.31. The van der Waals surface area contributed by atoms with Crippen molar-refractivity contribution in [2.75, 3.05) is 0 Å². The first-order valence-corrected chi connectivity index (χ1v) is 11.3. The van der Waals surface area contributed by atoms with Crippen molar-refractivity contribution in [3.63, 3.8) is 0 Å². The van der Waals surface area contributed by atoms with Crippen LogP contribution >= 0.6 is 0 Å². The van der Waals surface area contributed by atoms with E-state index in [1.165, 1.54) is 50.1 Å². The Morgan fingerprint density at radius 3 is 2.60 bits per heavy atom. The van der Waals surface area contributed by atoms with Crippen LogP contribution in [-0.2, 0) is 4.43 Å². The molecule has 2 nitrogen and oxygen atoms in total.